The molecule has 2 nitrogen and oxygen atoms in total. The maximum Gasteiger partial charge on any atom is 0.416 e. The van der Waals surface area contributed by atoms with Gasteiger partial charge in [-0.05, 0) is 43.2 Å². The van der Waals surface area contributed by atoms with Gasteiger partial charge in [0.15, 0.2) is 0 Å². The summed E-state index contributed by atoms with van der Waals surface area (Å²) in [6.45, 7) is 1.51. The van der Waals surface area contributed by atoms with Gasteiger partial charge in [0.25, 0.3) is 0 Å². The van der Waals surface area contributed by atoms with Gasteiger partial charge < -0.3 is 4.90 Å². The summed E-state index contributed by atoms with van der Waals surface area (Å²) < 4.78 is 39.1. The predicted molar refractivity (Wildman–Crippen MR) is 72.7 cm³/mol. The second-order valence-corrected chi connectivity index (χ2v) is 5.92. The minimum Gasteiger partial charge on any atom is -0.342 e. The van der Waals surface area contributed by atoms with Gasteiger partial charge in [0.1, 0.15) is 0 Å². The Balaban J connectivity index is 1.74. The van der Waals surface area contributed by atoms with Crippen molar-refractivity contribution in [2.75, 3.05) is 13.1 Å². The van der Waals surface area contributed by atoms with Crippen molar-refractivity contribution in [3.63, 3.8) is 0 Å². The summed E-state index contributed by atoms with van der Waals surface area (Å²) in [5, 5.41) is 0. The zero-order valence-corrected chi connectivity index (χ0v) is 11.7. The lowest BCUT2D eigenvalue weighted by molar-refractivity contribution is -0.138. The van der Waals surface area contributed by atoms with E-state index >= 15 is 0 Å². The minimum atomic E-state index is -4.35. The van der Waals surface area contributed by atoms with Gasteiger partial charge in [-0.1, -0.05) is 18.2 Å². The van der Waals surface area contributed by atoms with Crippen LogP contribution in [0, 0.1) is 5.92 Å². The number of alkyl halides is 3. The average molecular weight is 297 g/mol. The number of hydrogen-bond donors (Lipinski definition) is 0. The van der Waals surface area contributed by atoms with Gasteiger partial charge in [-0.2, -0.15) is 13.2 Å². The van der Waals surface area contributed by atoms with E-state index in [1.807, 2.05) is 4.90 Å². The average Bonchev–Trinajstić information content (AvgIpc) is 3.27. The third kappa shape index (κ3) is 2.92. The van der Waals surface area contributed by atoms with E-state index in [9.17, 15) is 18.0 Å². The van der Waals surface area contributed by atoms with Gasteiger partial charge in [0.05, 0.1) is 5.56 Å². The molecule has 0 radical (unpaired) electrons. The number of likely N-dealkylation sites (tertiary alicyclic amines) is 1. The Labute approximate surface area is 121 Å². The normalized spacial score (nSPS) is 25.8. The van der Waals surface area contributed by atoms with Crippen molar-refractivity contribution in [2.45, 2.75) is 37.8 Å². The molecule has 0 spiro atoms. The third-order valence-electron chi connectivity index (χ3n) is 4.44. The number of piperidine rings is 1. The molecule has 1 aliphatic heterocycles. The molecule has 21 heavy (non-hydrogen) atoms. The van der Waals surface area contributed by atoms with E-state index in [2.05, 4.69) is 0 Å². The van der Waals surface area contributed by atoms with E-state index in [-0.39, 0.29) is 23.3 Å². The Kier molecular flexibility index (Phi) is 3.68. The number of hydrogen-bond acceptors (Lipinski definition) is 1. The van der Waals surface area contributed by atoms with Crippen LogP contribution >= 0.6 is 0 Å². The summed E-state index contributed by atoms with van der Waals surface area (Å²) in [6, 6.07) is 5.63. The Morgan fingerprint density at radius 3 is 2.43 bits per heavy atom. The molecule has 2 unspecified atom stereocenters. The van der Waals surface area contributed by atoms with Crippen LogP contribution in [0.1, 0.15) is 42.7 Å². The number of halogens is 3. The minimum absolute atomic E-state index is 0.0386. The van der Waals surface area contributed by atoms with Crippen LogP contribution in [0.3, 0.4) is 0 Å². The molecule has 1 saturated heterocycles. The van der Waals surface area contributed by atoms with Crippen molar-refractivity contribution in [1.29, 1.82) is 0 Å². The molecule has 1 heterocycles. The predicted octanol–water partition coefficient (Wildman–Crippen LogP) is 3.82. The molecule has 1 aromatic rings. The van der Waals surface area contributed by atoms with E-state index in [0.717, 1.165) is 38.4 Å². The van der Waals surface area contributed by atoms with Crippen LogP contribution in [0.2, 0.25) is 0 Å². The van der Waals surface area contributed by atoms with E-state index in [0.29, 0.717) is 6.42 Å². The summed E-state index contributed by atoms with van der Waals surface area (Å²) >= 11 is 0. The molecular formula is C16H18F3NO. The lowest BCUT2D eigenvalue weighted by atomic mass is 10.0. The van der Waals surface area contributed by atoms with Crippen molar-refractivity contribution in [2.24, 2.45) is 5.92 Å². The highest BCUT2D eigenvalue weighted by molar-refractivity contribution is 5.83. The van der Waals surface area contributed by atoms with Crippen LogP contribution < -0.4 is 0 Å². The second-order valence-electron chi connectivity index (χ2n) is 5.92. The number of rotatable bonds is 2. The number of amides is 1. The molecule has 1 saturated carbocycles. The highest BCUT2D eigenvalue weighted by atomic mass is 19.4. The lowest BCUT2D eigenvalue weighted by Crippen LogP contribution is -2.36. The summed E-state index contributed by atoms with van der Waals surface area (Å²) in [4.78, 5) is 14.2. The molecular weight excluding hydrogens is 279 g/mol. The van der Waals surface area contributed by atoms with Crippen molar-refractivity contribution in [3.05, 3.63) is 35.4 Å². The monoisotopic (exact) mass is 297 g/mol. The van der Waals surface area contributed by atoms with Crippen LogP contribution in [0.25, 0.3) is 0 Å². The summed E-state index contributed by atoms with van der Waals surface area (Å²) in [6.07, 6.45) is -0.667. The first kappa shape index (κ1) is 14.4. The van der Waals surface area contributed by atoms with Crippen LogP contribution in [-0.2, 0) is 11.0 Å². The van der Waals surface area contributed by atoms with Gasteiger partial charge in [0, 0.05) is 19.0 Å². The van der Waals surface area contributed by atoms with E-state index in [1.165, 1.54) is 12.1 Å². The number of benzene rings is 1. The van der Waals surface area contributed by atoms with Crippen molar-refractivity contribution in [3.8, 4) is 0 Å². The fourth-order valence-corrected chi connectivity index (χ4v) is 3.24. The van der Waals surface area contributed by atoms with Gasteiger partial charge in [0.2, 0.25) is 5.91 Å². The highest BCUT2D eigenvalue weighted by Gasteiger charge is 2.49. The zero-order chi connectivity index (χ0) is 15.0. The standard InChI is InChI=1S/C16H18F3NO/c17-16(18,19)14-7-3-2-6-11(14)12-10-13(12)15(21)20-8-4-1-5-9-20/h2-3,6-7,12-13H,1,4-5,8-10H2. The third-order valence-corrected chi connectivity index (χ3v) is 4.44. The maximum absolute atomic E-state index is 13.0. The first-order chi connectivity index (χ1) is 9.98. The Morgan fingerprint density at radius 1 is 1.10 bits per heavy atom. The quantitative estimate of drug-likeness (QED) is 0.812. The second kappa shape index (κ2) is 5.35. The molecule has 3 rings (SSSR count). The van der Waals surface area contributed by atoms with Gasteiger partial charge in [-0.15, -0.1) is 0 Å². The zero-order valence-electron chi connectivity index (χ0n) is 11.7. The van der Waals surface area contributed by atoms with E-state index < -0.39 is 11.7 Å². The smallest absolute Gasteiger partial charge is 0.342 e. The number of carbonyl (C=O) groups is 1. The molecule has 1 aliphatic carbocycles. The van der Waals surface area contributed by atoms with Crippen molar-refractivity contribution >= 4 is 5.91 Å². The highest BCUT2D eigenvalue weighted by Crippen LogP contribution is 2.51. The number of nitrogens with zero attached hydrogens (tertiary/aromatic N) is 1. The Bertz CT molecular complexity index is 535. The molecule has 5 heteroatoms. The van der Waals surface area contributed by atoms with Crippen molar-refractivity contribution in [1.82, 2.24) is 4.90 Å². The molecule has 2 atom stereocenters. The molecule has 1 amide bonds. The Morgan fingerprint density at radius 2 is 1.76 bits per heavy atom. The van der Waals surface area contributed by atoms with Crippen molar-refractivity contribution < 1.29 is 18.0 Å². The summed E-state index contributed by atoms with van der Waals surface area (Å²) in [7, 11) is 0. The fraction of sp³-hybridized carbons (Fsp3) is 0.562. The Hall–Kier alpha value is -1.52. The van der Waals surface area contributed by atoms with Gasteiger partial charge >= 0.3 is 6.18 Å². The fourth-order valence-electron chi connectivity index (χ4n) is 3.24. The molecule has 0 bridgehead atoms. The van der Waals surface area contributed by atoms with Crippen LogP contribution in [0.15, 0.2) is 24.3 Å². The molecule has 0 aromatic heterocycles. The first-order valence-corrected chi connectivity index (χ1v) is 7.43. The molecule has 0 N–H and O–H groups in total. The lowest BCUT2D eigenvalue weighted by Gasteiger charge is -2.27. The van der Waals surface area contributed by atoms with E-state index in [4.69, 9.17) is 0 Å². The molecule has 2 aliphatic rings. The SMILES string of the molecule is O=C(C1CC1c1ccccc1C(F)(F)F)N1CCCCC1. The molecule has 2 fully saturated rings. The van der Waals surface area contributed by atoms with E-state index in [1.54, 1.807) is 6.07 Å². The maximum atomic E-state index is 13.0. The largest absolute Gasteiger partial charge is 0.416 e. The first-order valence-electron chi connectivity index (χ1n) is 7.43. The molecule has 114 valence electrons. The summed E-state index contributed by atoms with van der Waals surface area (Å²) in [5.41, 5.74) is -0.315. The van der Waals surface area contributed by atoms with Gasteiger partial charge in [-0.25, -0.2) is 0 Å². The topological polar surface area (TPSA) is 20.3 Å². The summed E-state index contributed by atoms with van der Waals surface area (Å²) in [5.74, 6) is -0.486. The van der Waals surface area contributed by atoms with Crippen LogP contribution in [0.5, 0.6) is 0 Å². The van der Waals surface area contributed by atoms with Crippen LogP contribution in [0.4, 0.5) is 13.2 Å². The van der Waals surface area contributed by atoms with Crippen LogP contribution in [-0.4, -0.2) is 23.9 Å². The number of carbonyl (C=O) groups excluding carboxylic acids is 1. The van der Waals surface area contributed by atoms with Gasteiger partial charge in [-0.3, -0.25) is 4.79 Å². The molecule has 1 aromatic carbocycles.